The van der Waals surface area contributed by atoms with E-state index < -0.39 is 18.3 Å². The van der Waals surface area contributed by atoms with E-state index in [9.17, 15) is 18.0 Å². The van der Waals surface area contributed by atoms with E-state index >= 15 is 0 Å². The quantitative estimate of drug-likeness (QED) is 0.479. The predicted molar refractivity (Wildman–Crippen MR) is 129 cm³/mol. The molecule has 1 amide bonds. The molecule has 2 aliphatic rings. The van der Waals surface area contributed by atoms with Crippen molar-refractivity contribution in [2.24, 2.45) is 5.41 Å². The Kier molecular flexibility index (Phi) is 7.62. The van der Waals surface area contributed by atoms with Crippen molar-refractivity contribution >= 4 is 23.2 Å². The summed E-state index contributed by atoms with van der Waals surface area (Å²) in [5.41, 5.74) is 3.19. The van der Waals surface area contributed by atoms with Crippen LogP contribution in [0.4, 0.5) is 18.9 Å². The number of hydrogen-bond donors (Lipinski definition) is 1. The van der Waals surface area contributed by atoms with Crippen LogP contribution in [0.2, 0.25) is 5.02 Å². The number of benzene rings is 1. The van der Waals surface area contributed by atoms with Gasteiger partial charge in [0.15, 0.2) is 6.23 Å². The molecule has 5 nitrogen and oxygen atoms in total. The van der Waals surface area contributed by atoms with E-state index in [-0.39, 0.29) is 31.0 Å². The lowest BCUT2D eigenvalue weighted by atomic mass is 9.76. The molecule has 0 radical (unpaired) electrons. The number of amides is 1. The highest BCUT2D eigenvalue weighted by atomic mass is 35.5. The Bertz CT molecular complexity index is 1050. The molecule has 1 N–H and O–H groups in total. The van der Waals surface area contributed by atoms with Crippen molar-refractivity contribution in [2.45, 2.75) is 70.9 Å². The van der Waals surface area contributed by atoms with Crippen molar-refractivity contribution in [1.29, 1.82) is 0 Å². The second-order valence-corrected chi connectivity index (χ2v) is 10.6. The number of carbonyl (C=O) groups is 1. The summed E-state index contributed by atoms with van der Waals surface area (Å²) in [6, 6.07) is 9.16. The molecule has 1 aromatic carbocycles. The number of ether oxygens (including phenoxy) is 1. The SMILES string of the molecule is CC1(C)CCCC(OC(Nc2c(Cl)ccc3c2CCN(C(=O)C(F)(F)F)CC3)c2ccccn2)C1. The Morgan fingerprint density at radius 1 is 1.23 bits per heavy atom. The number of rotatable bonds is 5. The Morgan fingerprint density at radius 3 is 2.69 bits per heavy atom. The zero-order valence-electron chi connectivity index (χ0n) is 20.0. The minimum absolute atomic E-state index is 0.00371. The summed E-state index contributed by atoms with van der Waals surface area (Å²) in [4.78, 5) is 17.2. The van der Waals surface area contributed by atoms with Gasteiger partial charge < -0.3 is 15.0 Å². The number of fused-ring (bicyclic) bond motifs is 1. The molecule has 2 atom stereocenters. The third kappa shape index (κ3) is 6.28. The highest BCUT2D eigenvalue weighted by Crippen LogP contribution is 2.40. The van der Waals surface area contributed by atoms with Gasteiger partial charge in [0.25, 0.3) is 0 Å². The number of alkyl halides is 3. The third-order valence-electron chi connectivity index (χ3n) is 6.89. The Hall–Kier alpha value is -2.32. The number of pyridine rings is 1. The second kappa shape index (κ2) is 10.3. The molecule has 1 aliphatic heterocycles. The third-order valence-corrected chi connectivity index (χ3v) is 7.21. The minimum Gasteiger partial charge on any atom is -0.354 e. The Morgan fingerprint density at radius 2 is 2.00 bits per heavy atom. The molecule has 0 spiro atoms. The zero-order valence-corrected chi connectivity index (χ0v) is 20.8. The maximum atomic E-state index is 13.0. The fourth-order valence-electron chi connectivity index (χ4n) is 5.11. The minimum atomic E-state index is -4.89. The molecule has 2 unspecified atom stereocenters. The van der Waals surface area contributed by atoms with Crippen LogP contribution in [0.15, 0.2) is 36.5 Å². The largest absolute Gasteiger partial charge is 0.471 e. The van der Waals surface area contributed by atoms with E-state index in [0.29, 0.717) is 22.8 Å². The molecule has 1 saturated carbocycles. The van der Waals surface area contributed by atoms with Crippen LogP contribution in [-0.4, -0.2) is 41.2 Å². The number of aromatic nitrogens is 1. The summed E-state index contributed by atoms with van der Waals surface area (Å²) in [6.45, 7) is 4.46. The van der Waals surface area contributed by atoms with Crippen molar-refractivity contribution in [3.05, 3.63) is 58.4 Å². The number of nitrogens with zero attached hydrogens (tertiary/aromatic N) is 2. The van der Waals surface area contributed by atoms with Crippen LogP contribution in [0, 0.1) is 5.41 Å². The van der Waals surface area contributed by atoms with Gasteiger partial charge in [0.1, 0.15) is 0 Å². The van der Waals surface area contributed by atoms with Gasteiger partial charge in [-0.05, 0) is 66.8 Å². The van der Waals surface area contributed by atoms with Crippen LogP contribution >= 0.6 is 11.6 Å². The summed E-state index contributed by atoms with van der Waals surface area (Å²) in [5.74, 6) is -1.81. The van der Waals surface area contributed by atoms with Gasteiger partial charge in [-0.2, -0.15) is 13.2 Å². The van der Waals surface area contributed by atoms with Gasteiger partial charge >= 0.3 is 12.1 Å². The van der Waals surface area contributed by atoms with Crippen LogP contribution in [0.1, 0.15) is 62.6 Å². The fourth-order valence-corrected chi connectivity index (χ4v) is 5.34. The van der Waals surface area contributed by atoms with Crippen LogP contribution < -0.4 is 5.32 Å². The van der Waals surface area contributed by atoms with Crippen molar-refractivity contribution in [1.82, 2.24) is 9.88 Å². The topological polar surface area (TPSA) is 54.5 Å². The van der Waals surface area contributed by atoms with Crippen LogP contribution in [0.25, 0.3) is 0 Å². The standard InChI is InChI=1S/C26H31ClF3N3O2/c1-25(2)12-5-6-18(16-25)35-23(21-7-3-4-13-31-21)32-22-19-11-15-33(24(34)26(28,29)30)14-10-17(19)8-9-20(22)27/h3-4,7-9,13,18,23,32H,5-6,10-12,14-16H2,1-2H3. The Labute approximate surface area is 209 Å². The van der Waals surface area contributed by atoms with Gasteiger partial charge in [-0.3, -0.25) is 9.78 Å². The zero-order chi connectivity index (χ0) is 25.2. The van der Waals surface area contributed by atoms with Gasteiger partial charge in [-0.25, -0.2) is 0 Å². The molecular formula is C26H31ClF3N3O2. The first-order valence-electron chi connectivity index (χ1n) is 12.0. The monoisotopic (exact) mass is 509 g/mol. The van der Waals surface area contributed by atoms with Crippen molar-refractivity contribution in [2.75, 3.05) is 18.4 Å². The van der Waals surface area contributed by atoms with Gasteiger partial charge in [0, 0.05) is 19.3 Å². The lowest BCUT2D eigenvalue weighted by molar-refractivity contribution is -0.185. The summed E-state index contributed by atoms with van der Waals surface area (Å²) in [5, 5.41) is 3.88. The van der Waals surface area contributed by atoms with E-state index in [1.807, 2.05) is 24.3 Å². The summed E-state index contributed by atoms with van der Waals surface area (Å²) >= 11 is 6.61. The molecule has 4 rings (SSSR count). The van der Waals surface area contributed by atoms with Crippen LogP contribution in [-0.2, 0) is 22.4 Å². The molecule has 190 valence electrons. The molecular weight excluding hydrogens is 479 g/mol. The summed E-state index contributed by atoms with van der Waals surface area (Å²) < 4.78 is 45.6. The van der Waals surface area contributed by atoms with Gasteiger partial charge in [0.05, 0.1) is 22.5 Å². The summed E-state index contributed by atoms with van der Waals surface area (Å²) in [7, 11) is 0. The molecule has 2 heterocycles. The molecule has 1 aromatic heterocycles. The smallest absolute Gasteiger partial charge is 0.354 e. The van der Waals surface area contributed by atoms with Gasteiger partial charge in [-0.15, -0.1) is 0 Å². The lowest BCUT2D eigenvalue weighted by Gasteiger charge is -2.37. The number of anilines is 1. The van der Waals surface area contributed by atoms with Crippen LogP contribution in [0.5, 0.6) is 0 Å². The van der Waals surface area contributed by atoms with E-state index in [1.165, 1.54) is 0 Å². The molecule has 2 aromatic rings. The van der Waals surface area contributed by atoms with Crippen molar-refractivity contribution in [3.63, 3.8) is 0 Å². The predicted octanol–water partition coefficient (Wildman–Crippen LogP) is 6.32. The average molecular weight is 510 g/mol. The van der Waals surface area contributed by atoms with Crippen LogP contribution in [0.3, 0.4) is 0 Å². The average Bonchev–Trinajstić information content (AvgIpc) is 3.02. The maximum Gasteiger partial charge on any atom is 0.471 e. The normalized spacial score (nSPS) is 21.1. The van der Waals surface area contributed by atoms with Crippen molar-refractivity contribution in [3.8, 4) is 0 Å². The lowest BCUT2D eigenvalue weighted by Crippen LogP contribution is -2.42. The first-order valence-corrected chi connectivity index (χ1v) is 12.4. The number of halogens is 4. The molecule has 35 heavy (non-hydrogen) atoms. The Balaban J connectivity index is 1.60. The second-order valence-electron chi connectivity index (χ2n) is 10.1. The van der Waals surface area contributed by atoms with Crippen molar-refractivity contribution < 1.29 is 22.7 Å². The highest BCUT2D eigenvalue weighted by molar-refractivity contribution is 6.33. The molecule has 0 bridgehead atoms. The van der Waals surface area contributed by atoms with E-state index in [0.717, 1.165) is 41.7 Å². The first-order chi connectivity index (χ1) is 16.5. The highest BCUT2D eigenvalue weighted by Gasteiger charge is 2.42. The summed E-state index contributed by atoms with van der Waals surface area (Å²) in [6.07, 6.45) is 0.954. The maximum absolute atomic E-state index is 13.0. The molecule has 0 saturated heterocycles. The number of carbonyl (C=O) groups excluding carboxylic acids is 1. The van der Waals surface area contributed by atoms with E-state index in [2.05, 4.69) is 24.1 Å². The van der Waals surface area contributed by atoms with Gasteiger partial charge in [-0.1, -0.05) is 44.0 Å². The fraction of sp³-hybridized carbons (Fsp3) is 0.538. The first kappa shape index (κ1) is 25.8. The molecule has 1 fully saturated rings. The van der Waals surface area contributed by atoms with Gasteiger partial charge in [0.2, 0.25) is 0 Å². The number of hydrogen-bond acceptors (Lipinski definition) is 4. The van der Waals surface area contributed by atoms with E-state index in [1.54, 1.807) is 12.3 Å². The number of nitrogens with one attached hydrogen (secondary N) is 1. The molecule has 1 aliphatic carbocycles. The van der Waals surface area contributed by atoms with E-state index in [4.69, 9.17) is 16.3 Å². The molecule has 9 heteroatoms.